The maximum absolute atomic E-state index is 10.8. The lowest BCUT2D eigenvalue weighted by atomic mass is 10.2. The molecule has 1 heterocycles. The zero-order valence-electron chi connectivity index (χ0n) is 9.93. The Morgan fingerprint density at radius 1 is 1.71 bits per heavy atom. The Labute approximate surface area is 100 Å². The molecule has 0 fully saturated rings. The lowest BCUT2D eigenvalue weighted by molar-refractivity contribution is -0.385. The Kier molecular flexibility index (Phi) is 4.46. The summed E-state index contributed by atoms with van der Waals surface area (Å²) in [5.41, 5.74) is 0.586. The van der Waals surface area contributed by atoms with E-state index in [0.29, 0.717) is 11.4 Å². The van der Waals surface area contributed by atoms with Gasteiger partial charge in [0.25, 0.3) is 5.69 Å². The van der Waals surface area contributed by atoms with Gasteiger partial charge in [0.1, 0.15) is 5.82 Å². The fraction of sp³-hybridized carbons (Fsp3) is 0.417. The molecule has 1 aromatic heterocycles. The topological polar surface area (TPSA) is 68.1 Å². The van der Waals surface area contributed by atoms with E-state index in [1.165, 1.54) is 12.3 Å². The molecule has 0 aliphatic rings. The fourth-order valence-electron chi connectivity index (χ4n) is 1.45. The van der Waals surface area contributed by atoms with Crippen molar-refractivity contribution in [3.8, 4) is 12.3 Å². The second-order valence-electron chi connectivity index (χ2n) is 3.77. The predicted molar refractivity (Wildman–Crippen MR) is 66.8 cm³/mol. The predicted octanol–water partition coefficient (Wildman–Crippen LogP) is 2.51. The van der Waals surface area contributed by atoms with Crippen LogP contribution in [0.2, 0.25) is 0 Å². The van der Waals surface area contributed by atoms with Crippen LogP contribution in [0.25, 0.3) is 0 Å². The first-order chi connectivity index (χ1) is 8.08. The molecule has 0 radical (unpaired) electrons. The van der Waals surface area contributed by atoms with Crippen molar-refractivity contribution in [2.45, 2.75) is 32.7 Å². The highest BCUT2D eigenvalue weighted by molar-refractivity contribution is 5.50. The van der Waals surface area contributed by atoms with E-state index >= 15 is 0 Å². The first-order valence-corrected chi connectivity index (χ1v) is 5.42. The SMILES string of the molecule is C#CC(CCC)Nc1cc([N+](=O)[O-])c(C)cn1. The summed E-state index contributed by atoms with van der Waals surface area (Å²) in [6.07, 6.45) is 8.58. The van der Waals surface area contributed by atoms with Crippen molar-refractivity contribution in [1.29, 1.82) is 0 Å². The monoisotopic (exact) mass is 233 g/mol. The van der Waals surface area contributed by atoms with Gasteiger partial charge >= 0.3 is 0 Å². The second-order valence-corrected chi connectivity index (χ2v) is 3.77. The first-order valence-electron chi connectivity index (χ1n) is 5.42. The summed E-state index contributed by atoms with van der Waals surface area (Å²) < 4.78 is 0. The van der Waals surface area contributed by atoms with Gasteiger partial charge in [-0.25, -0.2) is 4.98 Å². The van der Waals surface area contributed by atoms with Crippen LogP contribution in [0, 0.1) is 29.4 Å². The maximum Gasteiger partial charge on any atom is 0.277 e. The van der Waals surface area contributed by atoms with Crippen molar-refractivity contribution < 1.29 is 4.92 Å². The number of aryl methyl sites for hydroxylation is 1. The van der Waals surface area contributed by atoms with Crippen LogP contribution in [0.15, 0.2) is 12.3 Å². The van der Waals surface area contributed by atoms with Gasteiger partial charge < -0.3 is 5.32 Å². The number of hydrogen-bond donors (Lipinski definition) is 1. The van der Waals surface area contributed by atoms with E-state index in [1.807, 2.05) is 6.92 Å². The van der Waals surface area contributed by atoms with Gasteiger partial charge in [0.2, 0.25) is 0 Å². The van der Waals surface area contributed by atoms with Crippen molar-refractivity contribution in [2.24, 2.45) is 0 Å². The number of rotatable bonds is 5. The first kappa shape index (κ1) is 13.0. The Balaban J connectivity index is 2.89. The van der Waals surface area contributed by atoms with Crippen LogP contribution >= 0.6 is 0 Å². The molecular weight excluding hydrogens is 218 g/mol. The van der Waals surface area contributed by atoms with Crippen LogP contribution in [-0.2, 0) is 0 Å². The minimum Gasteiger partial charge on any atom is -0.356 e. The Morgan fingerprint density at radius 2 is 2.41 bits per heavy atom. The summed E-state index contributed by atoms with van der Waals surface area (Å²) >= 11 is 0. The molecule has 17 heavy (non-hydrogen) atoms. The molecule has 1 rings (SSSR count). The van der Waals surface area contributed by atoms with Crippen molar-refractivity contribution in [3.05, 3.63) is 27.9 Å². The molecule has 90 valence electrons. The molecule has 0 aliphatic heterocycles. The standard InChI is InChI=1S/C12H15N3O2/c1-4-6-10(5-2)14-12-7-11(15(16)17)9(3)8-13-12/h2,7-8,10H,4,6H2,1,3H3,(H,13,14). The Bertz CT molecular complexity index is 452. The lowest BCUT2D eigenvalue weighted by Gasteiger charge is -2.12. The van der Waals surface area contributed by atoms with Crippen LogP contribution in [0.4, 0.5) is 11.5 Å². The summed E-state index contributed by atoms with van der Waals surface area (Å²) in [6.45, 7) is 3.68. The van der Waals surface area contributed by atoms with Gasteiger partial charge in [0, 0.05) is 11.8 Å². The molecule has 5 nitrogen and oxygen atoms in total. The smallest absolute Gasteiger partial charge is 0.277 e. The number of hydrogen-bond acceptors (Lipinski definition) is 4. The highest BCUT2D eigenvalue weighted by atomic mass is 16.6. The minimum absolute atomic E-state index is 0.0507. The third-order valence-electron chi connectivity index (χ3n) is 2.37. The van der Waals surface area contributed by atoms with Crippen molar-refractivity contribution in [1.82, 2.24) is 4.98 Å². The molecule has 1 N–H and O–H groups in total. The van der Waals surface area contributed by atoms with Gasteiger partial charge in [-0.1, -0.05) is 19.3 Å². The van der Waals surface area contributed by atoms with Crippen molar-refractivity contribution >= 4 is 11.5 Å². The number of nitrogens with zero attached hydrogens (tertiary/aromatic N) is 2. The molecule has 0 saturated carbocycles. The van der Waals surface area contributed by atoms with E-state index in [0.717, 1.165) is 12.8 Å². The summed E-state index contributed by atoms with van der Waals surface area (Å²) in [5, 5.41) is 13.8. The van der Waals surface area contributed by atoms with E-state index < -0.39 is 4.92 Å². The van der Waals surface area contributed by atoms with Gasteiger partial charge in [0.05, 0.1) is 17.0 Å². The van der Waals surface area contributed by atoms with E-state index in [-0.39, 0.29) is 11.7 Å². The molecule has 0 amide bonds. The molecule has 0 aromatic carbocycles. The van der Waals surface area contributed by atoms with Crippen molar-refractivity contribution in [3.63, 3.8) is 0 Å². The molecule has 0 saturated heterocycles. The zero-order valence-corrected chi connectivity index (χ0v) is 9.93. The van der Waals surface area contributed by atoms with E-state index in [2.05, 4.69) is 16.2 Å². The quantitative estimate of drug-likeness (QED) is 0.482. The molecule has 1 aromatic rings. The number of nitrogens with one attached hydrogen (secondary N) is 1. The fourth-order valence-corrected chi connectivity index (χ4v) is 1.45. The largest absolute Gasteiger partial charge is 0.356 e. The third kappa shape index (κ3) is 3.45. The van der Waals surface area contributed by atoms with Crippen LogP contribution in [0.1, 0.15) is 25.3 Å². The number of anilines is 1. The lowest BCUT2D eigenvalue weighted by Crippen LogP contribution is -2.17. The molecule has 1 unspecified atom stereocenters. The average Bonchev–Trinajstić information content (AvgIpc) is 2.30. The maximum atomic E-state index is 10.8. The summed E-state index contributed by atoms with van der Waals surface area (Å²) in [5.74, 6) is 3.04. The Hall–Kier alpha value is -2.09. The molecule has 0 bridgehead atoms. The number of terminal acetylenes is 1. The molecule has 0 spiro atoms. The molecule has 0 aliphatic carbocycles. The number of pyridine rings is 1. The highest BCUT2D eigenvalue weighted by Crippen LogP contribution is 2.20. The van der Waals surface area contributed by atoms with Gasteiger partial charge in [-0.05, 0) is 13.3 Å². The van der Waals surface area contributed by atoms with Gasteiger partial charge in [-0.2, -0.15) is 0 Å². The molecule has 1 atom stereocenters. The molecule has 5 heteroatoms. The number of nitro groups is 1. The van der Waals surface area contributed by atoms with Crippen molar-refractivity contribution in [2.75, 3.05) is 5.32 Å². The normalized spacial score (nSPS) is 11.6. The average molecular weight is 233 g/mol. The van der Waals surface area contributed by atoms with Gasteiger partial charge in [0.15, 0.2) is 0 Å². The summed E-state index contributed by atoms with van der Waals surface area (Å²) in [6, 6.07) is 1.27. The Morgan fingerprint density at radius 3 is 2.94 bits per heavy atom. The van der Waals surface area contributed by atoms with Crippen LogP contribution < -0.4 is 5.32 Å². The van der Waals surface area contributed by atoms with E-state index in [1.54, 1.807) is 6.92 Å². The van der Waals surface area contributed by atoms with Crippen LogP contribution in [-0.4, -0.2) is 15.9 Å². The van der Waals surface area contributed by atoms with Crippen LogP contribution in [0.3, 0.4) is 0 Å². The van der Waals surface area contributed by atoms with Crippen LogP contribution in [0.5, 0.6) is 0 Å². The van der Waals surface area contributed by atoms with Gasteiger partial charge in [-0.15, -0.1) is 6.42 Å². The minimum atomic E-state index is -0.424. The highest BCUT2D eigenvalue weighted by Gasteiger charge is 2.13. The number of aromatic nitrogens is 1. The van der Waals surface area contributed by atoms with E-state index in [9.17, 15) is 10.1 Å². The van der Waals surface area contributed by atoms with Gasteiger partial charge in [-0.3, -0.25) is 10.1 Å². The summed E-state index contributed by atoms with van der Waals surface area (Å²) in [7, 11) is 0. The summed E-state index contributed by atoms with van der Waals surface area (Å²) in [4.78, 5) is 14.4. The van der Waals surface area contributed by atoms with E-state index in [4.69, 9.17) is 6.42 Å². The molecular formula is C12H15N3O2. The zero-order chi connectivity index (χ0) is 12.8. The third-order valence-corrected chi connectivity index (χ3v) is 2.37. The second kappa shape index (κ2) is 5.85.